The Morgan fingerprint density at radius 1 is 1.08 bits per heavy atom. The van der Waals surface area contributed by atoms with E-state index in [2.05, 4.69) is 0 Å². The zero-order valence-electron chi connectivity index (χ0n) is 14.9. The molecule has 1 amide bonds. The van der Waals surface area contributed by atoms with Gasteiger partial charge in [0.2, 0.25) is 0 Å². The van der Waals surface area contributed by atoms with Crippen LogP contribution in [0.25, 0.3) is 0 Å². The quantitative estimate of drug-likeness (QED) is 0.922. The first kappa shape index (κ1) is 17.3. The number of ether oxygens (including phenoxy) is 1. The van der Waals surface area contributed by atoms with Crippen LogP contribution >= 0.6 is 0 Å². The molecule has 3 rings (SSSR count). The third kappa shape index (κ3) is 4.13. The minimum atomic E-state index is 0.0480. The lowest BCUT2D eigenvalue weighted by molar-refractivity contribution is -0.134. The fourth-order valence-corrected chi connectivity index (χ4v) is 3.46. The summed E-state index contributed by atoms with van der Waals surface area (Å²) in [5, 5.41) is 9.40. The summed E-state index contributed by atoms with van der Waals surface area (Å²) in [4.78, 5) is 14.3. The van der Waals surface area contributed by atoms with E-state index in [0.717, 1.165) is 42.8 Å². The molecule has 4 heteroatoms. The number of hydrogen-bond donors (Lipinski definition) is 1. The van der Waals surface area contributed by atoms with Crippen LogP contribution < -0.4 is 4.74 Å². The second-order valence-corrected chi connectivity index (χ2v) is 6.76. The number of carbonyl (C=O) groups excluding carboxylic acids is 1. The van der Waals surface area contributed by atoms with Gasteiger partial charge in [-0.1, -0.05) is 30.3 Å². The molecule has 0 bridgehead atoms. The van der Waals surface area contributed by atoms with Crippen molar-refractivity contribution in [3.63, 3.8) is 0 Å². The smallest absolute Gasteiger partial charge is 0.260 e. The average Bonchev–Trinajstić information content (AvgIpc) is 2.62. The molecule has 0 saturated carbocycles. The van der Waals surface area contributed by atoms with Gasteiger partial charge in [-0.05, 0) is 61.4 Å². The van der Waals surface area contributed by atoms with Crippen LogP contribution in [-0.4, -0.2) is 35.6 Å². The number of rotatable bonds is 4. The predicted octanol–water partition coefficient (Wildman–Crippen LogP) is 3.79. The van der Waals surface area contributed by atoms with Crippen LogP contribution in [0, 0.1) is 13.8 Å². The number of para-hydroxylation sites is 1. The van der Waals surface area contributed by atoms with Crippen molar-refractivity contribution in [3.8, 4) is 11.5 Å². The second-order valence-electron chi connectivity index (χ2n) is 6.76. The Morgan fingerprint density at radius 2 is 1.68 bits per heavy atom. The van der Waals surface area contributed by atoms with Crippen molar-refractivity contribution in [2.45, 2.75) is 32.6 Å². The number of nitrogens with zero attached hydrogens (tertiary/aromatic N) is 1. The molecule has 0 radical (unpaired) electrons. The Bertz CT molecular complexity index is 711. The highest BCUT2D eigenvalue weighted by atomic mass is 16.5. The standard InChI is InChI=1S/C21H25NO3/c1-15-4-3-5-16(2)21(15)25-14-20(24)22-12-10-18(11-13-22)17-6-8-19(23)9-7-17/h3-9,18,23H,10-14H2,1-2H3. The molecular formula is C21H25NO3. The number of carbonyl (C=O) groups is 1. The zero-order valence-corrected chi connectivity index (χ0v) is 14.9. The molecule has 0 unspecified atom stereocenters. The van der Waals surface area contributed by atoms with E-state index in [-0.39, 0.29) is 12.5 Å². The molecule has 1 saturated heterocycles. The van der Waals surface area contributed by atoms with Gasteiger partial charge in [0.15, 0.2) is 6.61 Å². The predicted molar refractivity (Wildman–Crippen MR) is 98.1 cm³/mol. The highest BCUT2D eigenvalue weighted by Gasteiger charge is 2.24. The SMILES string of the molecule is Cc1cccc(C)c1OCC(=O)N1CCC(c2ccc(O)cc2)CC1. The lowest BCUT2D eigenvalue weighted by atomic mass is 9.89. The van der Waals surface area contributed by atoms with Crippen LogP contribution in [0.4, 0.5) is 0 Å². The van der Waals surface area contributed by atoms with Gasteiger partial charge >= 0.3 is 0 Å². The summed E-state index contributed by atoms with van der Waals surface area (Å²) in [6.45, 7) is 5.59. The molecule has 25 heavy (non-hydrogen) atoms. The molecule has 1 aliphatic heterocycles. The number of aryl methyl sites for hydroxylation is 2. The summed E-state index contributed by atoms with van der Waals surface area (Å²) in [6.07, 6.45) is 1.89. The molecule has 0 aliphatic carbocycles. The first-order valence-corrected chi connectivity index (χ1v) is 8.80. The fourth-order valence-electron chi connectivity index (χ4n) is 3.46. The van der Waals surface area contributed by atoms with E-state index in [1.54, 1.807) is 12.1 Å². The van der Waals surface area contributed by atoms with E-state index in [1.165, 1.54) is 5.56 Å². The molecule has 1 fully saturated rings. The van der Waals surface area contributed by atoms with Crippen molar-refractivity contribution >= 4 is 5.91 Å². The number of piperidine rings is 1. The van der Waals surface area contributed by atoms with Crippen molar-refractivity contribution in [1.29, 1.82) is 0 Å². The summed E-state index contributed by atoms with van der Waals surface area (Å²) in [7, 11) is 0. The summed E-state index contributed by atoms with van der Waals surface area (Å²) in [6, 6.07) is 13.4. The first-order valence-electron chi connectivity index (χ1n) is 8.80. The normalized spacial score (nSPS) is 15.2. The number of amides is 1. The summed E-state index contributed by atoms with van der Waals surface area (Å²) in [5.41, 5.74) is 3.34. The number of phenols is 1. The van der Waals surface area contributed by atoms with Gasteiger partial charge in [-0.15, -0.1) is 0 Å². The third-order valence-corrected chi connectivity index (χ3v) is 4.96. The number of benzene rings is 2. The van der Waals surface area contributed by atoms with Crippen molar-refractivity contribution < 1.29 is 14.6 Å². The summed E-state index contributed by atoms with van der Waals surface area (Å²) < 4.78 is 5.79. The van der Waals surface area contributed by atoms with Gasteiger partial charge in [0.05, 0.1) is 0 Å². The molecule has 132 valence electrons. The summed E-state index contributed by atoms with van der Waals surface area (Å²) in [5.74, 6) is 1.60. The molecule has 1 heterocycles. The molecule has 0 aromatic heterocycles. The average molecular weight is 339 g/mol. The van der Waals surface area contributed by atoms with E-state index in [4.69, 9.17) is 4.74 Å². The number of aromatic hydroxyl groups is 1. The van der Waals surface area contributed by atoms with Crippen LogP contribution in [0.15, 0.2) is 42.5 Å². The highest BCUT2D eigenvalue weighted by molar-refractivity contribution is 5.78. The van der Waals surface area contributed by atoms with Crippen molar-refractivity contribution in [2.75, 3.05) is 19.7 Å². The minimum absolute atomic E-state index is 0.0480. The first-order chi connectivity index (χ1) is 12.0. The Morgan fingerprint density at radius 3 is 2.28 bits per heavy atom. The Kier molecular flexibility index (Phi) is 5.27. The molecule has 1 aliphatic rings. The topological polar surface area (TPSA) is 49.8 Å². The third-order valence-electron chi connectivity index (χ3n) is 4.96. The largest absolute Gasteiger partial charge is 0.508 e. The van der Waals surface area contributed by atoms with Crippen molar-refractivity contribution in [3.05, 3.63) is 59.2 Å². The van der Waals surface area contributed by atoms with E-state index in [9.17, 15) is 9.90 Å². The van der Waals surface area contributed by atoms with Crippen LogP contribution in [0.3, 0.4) is 0 Å². The number of phenolic OH excluding ortho intramolecular Hbond substituents is 1. The number of likely N-dealkylation sites (tertiary alicyclic amines) is 1. The Balaban J connectivity index is 1.52. The Hall–Kier alpha value is -2.49. The van der Waals surface area contributed by atoms with Crippen LogP contribution in [0.1, 0.15) is 35.4 Å². The van der Waals surface area contributed by atoms with E-state index in [0.29, 0.717) is 11.7 Å². The fraction of sp³-hybridized carbons (Fsp3) is 0.381. The highest BCUT2D eigenvalue weighted by Crippen LogP contribution is 2.29. The van der Waals surface area contributed by atoms with Crippen LogP contribution in [0.2, 0.25) is 0 Å². The maximum atomic E-state index is 12.4. The molecule has 4 nitrogen and oxygen atoms in total. The molecule has 0 spiro atoms. The van der Waals surface area contributed by atoms with Gasteiger partial charge in [-0.3, -0.25) is 4.79 Å². The molecule has 0 atom stereocenters. The van der Waals surface area contributed by atoms with Crippen LogP contribution in [-0.2, 0) is 4.79 Å². The van der Waals surface area contributed by atoms with Gasteiger partial charge in [0, 0.05) is 13.1 Å². The minimum Gasteiger partial charge on any atom is -0.508 e. The van der Waals surface area contributed by atoms with Crippen LogP contribution in [0.5, 0.6) is 11.5 Å². The summed E-state index contributed by atoms with van der Waals surface area (Å²) >= 11 is 0. The van der Waals surface area contributed by atoms with Gasteiger partial charge < -0.3 is 14.7 Å². The lowest BCUT2D eigenvalue weighted by Gasteiger charge is -2.32. The van der Waals surface area contributed by atoms with Gasteiger partial charge in [-0.2, -0.15) is 0 Å². The van der Waals surface area contributed by atoms with E-state index >= 15 is 0 Å². The maximum absolute atomic E-state index is 12.4. The number of hydrogen-bond acceptors (Lipinski definition) is 3. The molecule has 1 N–H and O–H groups in total. The molecule has 2 aromatic carbocycles. The van der Waals surface area contributed by atoms with Gasteiger partial charge in [0.25, 0.3) is 5.91 Å². The van der Waals surface area contributed by atoms with Crippen molar-refractivity contribution in [2.24, 2.45) is 0 Å². The van der Waals surface area contributed by atoms with Gasteiger partial charge in [-0.25, -0.2) is 0 Å². The molecule has 2 aromatic rings. The zero-order chi connectivity index (χ0) is 17.8. The monoisotopic (exact) mass is 339 g/mol. The maximum Gasteiger partial charge on any atom is 0.260 e. The lowest BCUT2D eigenvalue weighted by Crippen LogP contribution is -2.40. The second kappa shape index (κ2) is 7.60. The molecular weight excluding hydrogens is 314 g/mol. The van der Waals surface area contributed by atoms with E-state index < -0.39 is 0 Å². The van der Waals surface area contributed by atoms with Gasteiger partial charge in [0.1, 0.15) is 11.5 Å². The van der Waals surface area contributed by atoms with Crippen molar-refractivity contribution in [1.82, 2.24) is 4.90 Å². The Labute approximate surface area is 149 Å². The van der Waals surface area contributed by atoms with E-state index in [1.807, 2.05) is 49.1 Å².